The molecule has 0 aromatic carbocycles. The average Bonchev–Trinajstić information content (AvgIpc) is 2.33. The van der Waals surface area contributed by atoms with Gasteiger partial charge in [0.05, 0.1) is 0 Å². The summed E-state index contributed by atoms with van der Waals surface area (Å²) in [4.78, 5) is 2.34. The van der Waals surface area contributed by atoms with Gasteiger partial charge in [-0.3, -0.25) is 0 Å². The number of likely N-dealkylation sites (tertiary alicyclic amines) is 1. The van der Waals surface area contributed by atoms with Crippen molar-refractivity contribution in [2.24, 2.45) is 5.92 Å². The van der Waals surface area contributed by atoms with Crippen LogP contribution in [0.5, 0.6) is 0 Å². The molecule has 2 nitrogen and oxygen atoms in total. The van der Waals surface area contributed by atoms with Crippen LogP contribution in [0.3, 0.4) is 0 Å². The van der Waals surface area contributed by atoms with Crippen LogP contribution in [0, 0.1) is 5.92 Å². The van der Waals surface area contributed by atoms with Crippen LogP contribution >= 0.6 is 0 Å². The highest BCUT2D eigenvalue weighted by atomic mass is 16.3. The van der Waals surface area contributed by atoms with Crippen LogP contribution in [0.1, 0.15) is 33.1 Å². The third-order valence-electron chi connectivity index (χ3n) is 2.33. The Balaban J connectivity index is 0.000000561. The van der Waals surface area contributed by atoms with Crippen LogP contribution in [0.15, 0.2) is 0 Å². The fourth-order valence-corrected chi connectivity index (χ4v) is 1.49. The molecule has 0 aromatic rings. The predicted molar refractivity (Wildman–Crippen MR) is 53.3 cm³/mol. The molecule has 1 atom stereocenters. The zero-order valence-corrected chi connectivity index (χ0v) is 8.71. The minimum Gasteiger partial charge on any atom is -0.396 e. The van der Waals surface area contributed by atoms with E-state index in [1.807, 2.05) is 13.8 Å². The Labute approximate surface area is 76.6 Å². The summed E-state index contributed by atoms with van der Waals surface area (Å²) in [7, 11) is 2.15. The van der Waals surface area contributed by atoms with Gasteiger partial charge in [0.25, 0.3) is 0 Å². The second kappa shape index (κ2) is 7.56. The first-order valence-corrected chi connectivity index (χ1v) is 5.12. The van der Waals surface area contributed by atoms with Gasteiger partial charge in [0.15, 0.2) is 0 Å². The predicted octanol–water partition coefficient (Wildman–Crippen LogP) is 1.74. The highest BCUT2D eigenvalue weighted by Gasteiger charge is 2.12. The molecule has 1 N–H and O–H groups in total. The number of hydrogen-bond donors (Lipinski definition) is 1. The van der Waals surface area contributed by atoms with E-state index in [-0.39, 0.29) is 0 Å². The Bertz CT molecular complexity index is 95.8. The van der Waals surface area contributed by atoms with Crippen molar-refractivity contribution in [2.45, 2.75) is 33.1 Å². The highest BCUT2D eigenvalue weighted by molar-refractivity contribution is 4.66. The molecule has 0 aromatic heterocycles. The van der Waals surface area contributed by atoms with Crippen LogP contribution < -0.4 is 0 Å². The Morgan fingerprint density at radius 3 is 2.50 bits per heavy atom. The molecule has 1 unspecified atom stereocenters. The van der Waals surface area contributed by atoms with Crippen molar-refractivity contribution >= 4 is 0 Å². The molecule has 0 radical (unpaired) electrons. The van der Waals surface area contributed by atoms with Crippen molar-refractivity contribution in [3.63, 3.8) is 0 Å². The summed E-state index contributed by atoms with van der Waals surface area (Å²) in [6.07, 6.45) is 3.63. The maximum Gasteiger partial charge on any atom is 0.0459 e. The summed E-state index contributed by atoms with van der Waals surface area (Å²) < 4.78 is 0. The second-order valence-corrected chi connectivity index (χ2v) is 3.28. The van der Waals surface area contributed by atoms with Gasteiger partial charge in [-0.2, -0.15) is 0 Å². The molecule has 2 heteroatoms. The van der Waals surface area contributed by atoms with Gasteiger partial charge in [0, 0.05) is 6.61 Å². The molecule has 1 rings (SSSR count). The van der Waals surface area contributed by atoms with Gasteiger partial charge in [-0.1, -0.05) is 13.8 Å². The Hall–Kier alpha value is -0.0800. The Morgan fingerprint density at radius 1 is 1.25 bits per heavy atom. The Kier molecular flexibility index (Phi) is 7.51. The summed E-state index contributed by atoms with van der Waals surface area (Å²) in [5.41, 5.74) is 0. The van der Waals surface area contributed by atoms with Crippen molar-refractivity contribution in [1.82, 2.24) is 4.90 Å². The van der Waals surface area contributed by atoms with Crippen molar-refractivity contribution in [3.8, 4) is 0 Å². The van der Waals surface area contributed by atoms with Crippen molar-refractivity contribution in [1.29, 1.82) is 0 Å². The lowest BCUT2D eigenvalue weighted by atomic mass is 10.0. The van der Waals surface area contributed by atoms with E-state index in [1.54, 1.807) is 0 Å². The van der Waals surface area contributed by atoms with Crippen LogP contribution in [-0.2, 0) is 0 Å². The SMILES string of the molecule is CC.CN1CCCC(CO)CC1. The molecule has 74 valence electrons. The summed E-state index contributed by atoms with van der Waals surface area (Å²) in [5.74, 6) is 0.574. The van der Waals surface area contributed by atoms with E-state index < -0.39 is 0 Å². The smallest absolute Gasteiger partial charge is 0.0459 e. The number of rotatable bonds is 1. The lowest BCUT2D eigenvalue weighted by molar-refractivity contribution is 0.211. The minimum atomic E-state index is 0.383. The fraction of sp³-hybridized carbons (Fsp3) is 1.00. The van der Waals surface area contributed by atoms with Gasteiger partial charge in [-0.05, 0) is 45.3 Å². The Morgan fingerprint density at radius 2 is 1.92 bits per heavy atom. The molecule has 12 heavy (non-hydrogen) atoms. The van der Waals surface area contributed by atoms with Crippen molar-refractivity contribution < 1.29 is 5.11 Å². The second-order valence-electron chi connectivity index (χ2n) is 3.28. The highest BCUT2D eigenvalue weighted by Crippen LogP contribution is 2.15. The molecule has 1 saturated heterocycles. The first kappa shape index (κ1) is 11.9. The molecule has 0 spiro atoms. The van der Waals surface area contributed by atoms with E-state index in [0.717, 1.165) is 6.54 Å². The quantitative estimate of drug-likeness (QED) is 0.653. The molecule has 0 saturated carbocycles. The molecule has 0 bridgehead atoms. The van der Waals surface area contributed by atoms with Crippen molar-refractivity contribution in [2.75, 3.05) is 26.7 Å². The maximum absolute atomic E-state index is 8.88. The zero-order chi connectivity index (χ0) is 9.40. The van der Waals surface area contributed by atoms with Crippen LogP contribution in [0.2, 0.25) is 0 Å². The topological polar surface area (TPSA) is 23.5 Å². The summed E-state index contributed by atoms with van der Waals surface area (Å²) in [5, 5.41) is 8.88. The van der Waals surface area contributed by atoms with E-state index >= 15 is 0 Å². The monoisotopic (exact) mass is 173 g/mol. The lowest BCUT2D eigenvalue weighted by Crippen LogP contribution is -2.19. The molecule has 1 fully saturated rings. The molecule has 1 heterocycles. The standard InChI is InChI=1S/C8H17NO.C2H6/c1-9-5-2-3-8(7-10)4-6-9;1-2/h8,10H,2-7H2,1H3;1-2H3. The van der Waals surface area contributed by atoms with Crippen LogP contribution in [0.4, 0.5) is 0 Å². The summed E-state index contributed by atoms with van der Waals surface area (Å²) in [6, 6.07) is 0. The van der Waals surface area contributed by atoms with Gasteiger partial charge in [0.1, 0.15) is 0 Å². The number of hydrogen-bond acceptors (Lipinski definition) is 2. The lowest BCUT2D eigenvalue weighted by Gasteiger charge is -2.12. The van der Waals surface area contributed by atoms with E-state index in [9.17, 15) is 0 Å². The third-order valence-corrected chi connectivity index (χ3v) is 2.33. The van der Waals surface area contributed by atoms with Gasteiger partial charge in [-0.15, -0.1) is 0 Å². The molecular weight excluding hydrogens is 150 g/mol. The minimum absolute atomic E-state index is 0.383. The molecule has 1 aliphatic heterocycles. The molecular formula is C10H23NO. The van der Waals surface area contributed by atoms with Crippen LogP contribution in [-0.4, -0.2) is 36.8 Å². The maximum atomic E-state index is 8.88. The first-order chi connectivity index (χ1) is 5.83. The van der Waals surface area contributed by atoms with Gasteiger partial charge >= 0.3 is 0 Å². The first-order valence-electron chi connectivity index (χ1n) is 5.12. The number of nitrogens with zero attached hydrogens (tertiary/aromatic N) is 1. The van der Waals surface area contributed by atoms with Gasteiger partial charge in [0.2, 0.25) is 0 Å². The van der Waals surface area contributed by atoms with Gasteiger partial charge in [-0.25, -0.2) is 0 Å². The number of aliphatic hydroxyl groups excluding tert-OH is 1. The van der Waals surface area contributed by atoms with Gasteiger partial charge < -0.3 is 10.0 Å². The molecule has 0 amide bonds. The van der Waals surface area contributed by atoms with Crippen molar-refractivity contribution in [3.05, 3.63) is 0 Å². The third kappa shape index (κ3) is 4.73. The average molecular weight is 173 g/mol. The largest absolute Gasteiger partial charge is 0.396 e. The van der Waals surface area contributed by atoms with E-state index in [2.05, 4.69) is 11.9 Å². The number of aliphatic hydroxyl groups is 1. The van der Waals surface area contributed by atoms with E-state index in [4.69, 9.17) is 5.11 Å². The fourth-order valence-electron chi connectivity index (χ4n) is 1.49. The van der Waals surface area contributed by atoms with E-state index in [0.29, 0.717) is 12.5 Å². The summed E-state index contributed by atoms with van der Waals surface area (Å²) >= 11 is 0. The molecule has 1 aliphatic rings. The molecule has 0 aliphatic carbocycles. The summed E-state index contributed by atoms with van der Waals surface area (Å²) in [6.45, 7) is 6.75. The van der Waals surface area contributed by atoms with Crippen LogP contribution in [0.25, 0.3) is 0 Å². The van der Waals surface area contributed by atoms with E-state index in [1.165, 1.54) is 25.8 Å². The zero-order valence-electron chi connectivity index (χ0n) is 8.71. The normalized spacial score (nSPS) is 25.5.